The number of terminal acetylenes is 1. The molecule has 5 nitrogen and oxygen atoms in total. The number of sulfone groups is 1. The first-order chi connectivity index (χ1) is 8.73. The van der Waals surface area contributed by atoms with E-state index in [4.69, 9.17) is 12.2 Å². The predicted octanol–water partition coefficient (Wildman–Crippen LogP) is 0.153. The average Bonchev–Trinajstić information content (AvgIpc) is 2.65. The topological polar surface area (TPSA) is 80.5 Å². The average molecular weight is 286 g/mol. The molecular weight excluding hydrogens is 264 g/mol. The maximum Gasteiger partial charge on any atom is 0.243 e. The molecule has 1 amide bonds. The van der Waals surface area contributed by atoms with Crippen LogP contribution in [0.2, 0.25) is 0 Å². The van der Waals surface area contributed by atoms with E-state index < -0.39 is 15.4 Å². The maximum atomic E-state index is 12.5. The normalized spacial score (nSPS) is 24.4. The lowest BCUT2D eigenvalue weighted by molar-refractivity contribution is -0.137. The van der Waals surface area contributed by atoms with E-state index in [0.717, 1.165) is 6.42 Å². The van der Waals surface area contributed by atoms with Crippen molar-refractivity contribution in [2.24, 2.45) is 5.73 Å². The summed E-state index contributed by atoms with van der Waals surface area (Å²) in [5.41, 5.74) is 5.04. The molecule has 0 radical (unpaired) electrons. The molecule has 6 heteroatoms. The van der Waals surface area contributed by atoms with Gasteiger partial charge in [0.1, 0.15) is 0 Å². The van der Waals surface area contributed by atoms with Crippen molar-refractivity contribution >= 4 is 15.7 Å². The molecule has 108 valence electrons. The summed E-state index contributed by atoms with van der Waals surface area (Å²) in [4.78, 5) is 13.9. The molecule has 0 bridgehead atoms. The van der Waals surface area contributed by atoms with Crippen molar-refractivity contribution in [1.29, 1.82) is 0 Å². The van der Waals surface area contributed by atoms with E-state index >= 15 is 0 Å². The van der Waals surface area contributed by atoms with E-state index in [1.54, 1.807) is 6.92 Å². The van der Waals surface area contributed by atoms with Gasteiger partial charge in [0.2, 0.25) is 5.91 Å². The fraction of sp³-hybridized carbons (Fsp3) is 0.769. The van der Waals surface area contributed by atoms with Crippen LogP contribution in [0.15, 0.2) is 0 Å². The van der Waals surface area contributed by atoms with Gasteiger partial charge in [0.25, 0.3) is 0 Å². The SMILES string of the molecule is C#CCN(C(=O)C(C)(N)CCC)C1CCS(=O)(=O)C1. The van der Waals surface area contributed by atoms with Crippen molar-refractivity contribution in [3.05, 3.63) is 0 Å². The van der Waals surface area contributed by atoms with Crippen LogP contribution in [0.3, 0.4) is 0 Å². The Kier molecular flexibility index (Phi) is 4.99. The zero-order valence-corrected chi connectivity index (χ0v) is 12.4. The molecule has 0 spiro atoms. The summed E-state index contributed by atoms with van der Waals surface area (Å²) < 4.78 is 23.1. The number of nitrogens with zero attached hydrogens (tertiary/aromatic N) is 1. The number of carbonyl (C=O) groups is 1. The monoisotopic (exact) mass is 286 g/mol. The third kappa shape index (κ3) is 3.95. The van der Waals surface area contributed by atoms with Crippen molar-refractivity contribution in [2.45, 2.75) is 44.7 Å². The molecule has 1 aliphatic heterocycles. The quantitative estimate of drug-likeness (QED) is 0.730. The minimum atomic E-state index is -3.05. The van der Waals surface area contributed by atoms with Crippen LogP contribution < -0.4 is 5.73 Å². The molecule has 2 unspecified atom stereocenters. The van der Waals surface area contributed by atoms with E-state index in [0.29, 0.717) is 12.8 Å². The van der Waals surface area contributed by atoms with E-state index in [1.807, 2.05) is 6.92 Å². The third-order valence-electron chi connectivity index (χ3n) is 3.43. The lowest BCUT2D eigenvalue weighted by atomic mass is 9.95. The molecular formula is C13H22N2O3S. The van der Waals surface area contributed by atoms with Gasteiger partial charge in [-0.15, -0.1) is 6.42 Å². The van der Waals surface area contributed by atoms with Crippen LogP contribution in [0.4, 0.5) is 0 Å². The lowest BCUT2D eigenvalue weighted by Gasteiger charge is -2.34. The van der Waals surface area contributed by atoms with E-state index in [1.165, 1.54) is 4.90 Å². The Morgan fingerprint density at radius 2 is 2.21 bits per heavy atom. The van der Waals surface area contributed by atoms with Crippen LogP contribution in [0.25, 0.3) is 0 Å². The van der Waals surface area contributed by atoms with Crippen LogP contribution >= 0.6 is 0 Å². The second-order valence-electron chi connectivity index (χ2n) is 5.36. The van der Waals surface area contributed by atoms with Gasteiger partial charge in [-0.3, -0.25) is 4.79 Å². The molecule has 0 aliphatic carbocycles. The largest absolute Gasteiger partial charge is 0.326 e. The summed E-state index contributed by atoms with van der Waals surface area (Å²) in [6.45, 7) is 3.73. The zero-order valence-electron chi connectivity index (χ0n) is 11.6. The van der Waals surface area contributed by atoms with Crippen LogP contribution in [-0.4, -0.2) is 48.9 Å². The summed E-state index contributed by atoms with van der Waals surface area (Å²) >= 11 is 0. The number of rotatable bonds is 5. The van der Waals surface area contributed by atoms with Gasteiger partial charge in [-0.1, -0.05) is 19.3 Å². The van der Waals surface area contributed by atoms with Crippen LogP contribution in [0.1, 0.15) is 33.1 Å². The highest BCUT2D eigenvalue weighted by Gasteiger charge is 2.39. The summed E-state index contributed by atoms with van der Waals surface area (Å²) in [6.07, 6.45) is 7.06. The molecule has 0 aromatic carbocycles. The van der Waals surface area contributed by atoms with Crippen LogP contribution in [-0.2, 0) is 14.6 Å². The van der Waals surface area contributed by atoms with Crippen LogP contribution in [0, 0.1) is 12.3 Å². The number of carbonyl (C=O) groups excluding carboxylic acids is 1. The van der Waals surface area contributed by atoms with Gasteiger partial charge in [0.05, 0.1) is 23.6 Å². The minimum Gasteiger partial charge on any atom is -0.326 e. The first-order valence-electron chi connectivity index (χ1n) is 6.47. The standard InChI is InChI=1S/C13H22N2O3S/c1-4-7-13(3,14)12(16)15(8-5-2)11-6-9-19(17,18)10-11/h2,11H,4,6-10,14H2,1,3H3. The summed E-state index contributed by atoms with van der Waals surface area (Å²) in [7, 11) is -3.05. The fourth-order valence-electron chi connectivity index (χ4n) is 2.44. The lowest BCUT2D eigenvalue weighted by Crippen LogP contribution is -2.56. The van der Waals surface area contributed by atoms with Crippen molar-refractivity contribution in [3.8, 4) is 12.3 Å². The molecule has 0 aromatic heterocycles. The van der Waals surface area contributed by atoms with E-state index in [2.05, 4.69) is 5.92 Å². The van der Waals surface area contributed by atoms with Gasteiger partial charge < -0.3 is 10.6 Å². The number of hydrogen-bond donors (Lipinski definition) is 1. The molecule has 2 atom stereocenters. The Morgan fingerprint density at radius 1 is 1.58 bits per heavy atom. The third-order valence-corrected chi connectivity index (χ3v) is 5.18. The van der Waals surface area contributed by atoms with Gasteiger partial charge in [-0.05, 0) is 19.8 Å². The highest BCUT2D eigenvalue weighted by molar-refractivity contribution is 7.91. The molecule has 19 heavy (non-hydrogen) atoms. The zero-order chi connectivity index (χ0) is 14.7. The first-order valence-corrected chi connectivity index (χ1v) is 8.29. The van der Waals surface area contributed by atoms with Gasteiger partial charge in [0.15, 0.2) is 9.84 Å². The van der Waals surface area contributed by atoms with Crippen LogP contribution in [0.5, 0.6) is 0 Å². The van der Waals surface area contributed by atoms with Gasteiger partial charge in [-0.25, -0.2) is 8.42 Å². The van der Waals surface area contributed by atoms with Crippen molar-refractivity contribution in [1.82, 2.24) is 4.90 Å². The summed E-state index contributed by atoms with van der Waals surface area (Å²) in [5, 5.41) is 0. The van der Waals surface area contributed by atoms with Crippen molar-refractivity contribution in [2.75, 3.05) is 18.1 Å². The first kappa shape index (κ1) is 16.0. The van der Waals surface area contributed by atoms with E-state index in [9.17, 15) is 13.2 Å². The second kappa shape index (κ2) is 5.93. The molecule has 1 heterocycles. The van der Waals surface area contributed by atoms with Crippen molar-refractivity contribution < 1.29 is 13.2 Å². The predicted molar refractivity (Wildman–Crippen MR) is 75.1 cm³/mol. The molecule has 0 saturated carbocycles. The molecule has 1 saturated heterocycles. The van der Waals surface area contributed by atoms with Crippen molar-refractivity contribution in [3.63, 3.8) is 0 Å². The van der Waals surface area contributed by atoms with Gasteiger partial charge >= 0.3 is 0 Å². The highest BCUT2D eigenvalue weighted by atomic mass is 32.2. The molecule has 1 aliphatic rings. The Bertz CT molecular complexity index is 477. The molecule has 1 fully saturated rings. The summed E-state index contributed by atoms with van der Waals surface area (Å²) in [6, 6.07) is -0.340. The molecule has 2 N–H and O–H groups in total. The summed E-state index contributed by atoms with van der Waals surface area (Å²) in [5.74, 6) is 2.27. The Labute approximate surface area is 115 Å². The fourth-order valence-corrected chi connectivity index (χ4v) is 4.17. The second-order valence-corrected chi connectivity index (χ2v) is 7.59. The maximum absolute atomic E-state index is 12.5. The molecule has 0 aromatic rings. The van der Waals surface area contributed by atoms with Gasteiger partial charge in [-0.2, -0.15) is 0 Å². The minimum absolute atomic E-state index is 0.0113. The Hall–Kier alpha value is -1.06. The smallest absolute Gasteiger partial charge is 0.243 e. The Balaban J connectivity index is 2.90. The Morgan fingerprint density at radius 3 is 2.63 bits per heavy atom. The number of hydrogen-bond acceptors (Lipinski definition) is 4. The van der Waals surface area contributed by atoms with Gasteiger partial charge in [0, 0.05) is 6.04 Å². The number of nitrogens with two attached hydrogens (primary N) is 1. The number of amides is 1. The highest BCUT2D eigenvalue weighted by Crippen LogP contribution is 2.21. The molecule has 1 rings (SSSR count). The van der Waals surface area contributed by atoms with E-state index in [-0.39, 0.29) is 30.0 Å².